The summed E-state index contributed by atoms with van der Waals surface area (Å²) in [4.78, 5) is 14.5. The molecule has 2 N–H and O–H groups in total. The van der Waals surface area contributed by atoms with E-state index in [9.17, 15) is 4.79 Å². The fourth-order valence-electron chi connectivity index (χ4n) is 3.00. The maximum absolute atomic E-state index is 12.0. The maximum atomic E-state index is 12.0. The van der Waals surface area contributed by atoms with Crippen LogP contribution in [0.5, 0.6) is 5.75 Å². The van der Waals surface area contributed by atoms with E-state index in [1.165, 1.54) is 12.8 Å². The molecule has 1 aromatic carbocycles. The van der Waals surface area contributed by atoms with Crippen LogP contribution in [0.25, 0.3) is 0 Å². The smallest absolute Gasteiger partial charge is 0.258 e. The number of aliphatic hydroxyl groups excluding tert-OH is 1. The number of aliphatic hydroxyl groups is 1. The predicted molar refractivity (Wildman–Crippen MR) is 83.6 cm³/mol. The predicted octanol–water partition coefficient (Wildman–Crippen LogP) is 1.30. The molecule has 2 fully saturated rings. The van der Waals surface area contributed by atoms with Crippen LogP contribution in [-0.4, -0.2) is 47.7 Å². The normalized spacial score (nSPS) is 19.9. The number of carbonyl (C=O) groups is 1. The van der Waals surface area contributed by atoms with Gasteiger partial charge >= 0.3 is 0 Å². The van der Waals surface area contributed by atoms with Gasteiger partial charge in [-0.05, 0) is 43.4 Å². The van der Waals surface area contributed by atoms with Gasteiger partial charge in [-0.2, -0.15) is 0 Å². The molecule has 1 saturated carbocycles. The van der Waals surface area contributed by atoms with E-state index in [1.807, 2.05) is 12.1 Å². The van der Waals surface area contributed by atoms with Crippen LogP contribution in [-0.2, 0) is 11.4 Å². The van der Waals surface area contributed by atoms with Crippen molar-refractivity contribution in [2.45, 2.75) is 44.4 Å². The third kappa shape index (κ3) is 4.21. The summed E-state index contributed by atoms with van der Waals surface area (Å²) in [6, 6.07) is 8.27. The number of hydrogen-bond acceptors (Lipinski definition) is 4. The SMILES string of the molecule is O=C(COc1cccc(CO)c1)NC1CCN(C2CC2)CC1. The van der Waals surface area contributed by atoms with Gasteiger partial charge < -0.3 is 20.1 Å². The molecule has 0 aromatic heterocycles. The molecule has 0 bridgehead atoms. The van der Waals surface area contributed by atoms with Gasteiger partial charge in [0, 0.05) is 25.2 Å². The molecular formula is C17H24N2O3. The number of ether oxygens (including phenoxy) is 1. The summed E-state index contributed by atoms with van der Waals surface area (Å²) in [7, 11) is 0. The number of likely N-dealkylation sites (tertiary alicyclic amines) is 1. The van der Waals surface area contributed by atoms with Crippen LogP contribution < -0.4 is 10.1 Å². The van der Waals surface area contributed by atoms with Crippen molar-refractivity contribution in [3.63, 3.8) is 0 Å². The van der Waals surface area contributed by atoms with Gasteiger partial charge in [-0.1, -0.05) is 12.1 Å². The lowest BCUT2D eigenvalue weighted by Crippen LogP contribution is -2.46. The number of nitrogens with one attached hydrogen (secondary N) is 1. The number of hydrogen-bond donors (Lipinski definition) is 2. The average molecular weight is 304 g/mol. The first-order valence-electron chi connectivity index (χ1n) is 8.10. The molecule has 1 saturated heterocycles. The number of amides is 1. The van der Waals surface area contributed by atoms with Gasteiger partial charge in [0.15, 0.2) is 6.61 Å². The van der Waals surface area contributed by atoms with E-state index in [0.717, 1.165) is 37.5 Å². The maximum Gasteiger partial charge on any atom is 0.258 e. The van der Waals surface area contributed by atoms with Crippen molar-refractivity contribution < 1.29 is 14.6 Å². The van der Waals surface area contributed by atoms with E-state index < -0.39 is 0 Å². The second kappa shape index (κ2) is 7.11. The molecule has 120 valence electrons. The minimum atomic E-state index is -0.0701. The van der Waals surface area contributed by atoms with Gasteiger partial charge in [-0.15, -0.1) is 0 Å². The highest BCUT2D eigenvalue weighted by Gasteiger charge is 2.32. The Morgan fingerprint density at radius 2 is 2.05 bits per heavy atom. The number of piperidine rings is 1. The molecule has 5 heteroatoms. The highest BCUT2D eigenvalue weighted by Crippen LogP contribution is 2.29. The van der Waals surface area contributed by atoms with Crippen molar-refractivity contribution in [3.05, 3.63) is 29.8 Å². The molecule has 0 spiro atoms. The second-order valence-corrected chi connectivity index (χ2v) is 6.20. The van der Waals surface area contributed by atoms with Crippen LogP contribution in [0.3, 0.4) is 0 Å². The van der Waals surface area contributed by atoms with E-state index in [2.05, 4.69) is 10.2 Å². The molecule has 1 heterocycles. The number of carbonyl (C=O) groups excluding carboxylic acids is 1. The molecule has 1 aliphatic carbocycles. The van der Waals surface area contributed by atoms with Gasteiger partial charge in [0.1, 0.15) is 5.75 Å². The zero-order chi connectivity index (χ0) is 15.4. The second-order valence-electron chi connectivity index (χ2n) is 6.20. The summed E-state index contributed by atoms with van der Waals surface area (Å²) in [6.07, 6.45) is 4.75. The van der Waals surface area contributed by atoms with Gasteiger partial charge in [0.2, 0.25) is 0 Å². The van der Waals surface area contributed by atoms with Gasteiger partial charge in [-0.25, -0.2) is 0 Å². The largest absolute Gasteiger partial charge is 0.484 e. The first-order chi connectivity index (χ1) is 10.7. The number of rotatable bonds is 6. The lowest BCUT2D eigenvalue weighted by molar-refractivity contribution is -0.124. The van der Waals surface area contributed by atoms with Crippen molar-refractivity contribution in [3.8, 4) is 5.75 Å². The van der Waals surface area contributed by atoms with Crippen molar-refractivity contribution in [2.75, 3.05) is 19.7 Å². The Labute approximate surface area is 131 Å². The highest BCUT2D eigenvalue weighted by atomic mass is 16.5. The van der Waals surface area contributed by atoms with Crippen molar-refractivity contribution in [2.24, 2.45) is 0 Å². The van der Waals surface area contributed by atoms with Crippen LogP contribution in [0.1, 0.15) is 31.2 Å². The van der Waals surface area contributed by atoms with E-state index in [1.54, 1.807) is 12.1 Å². The first-order valence-corrected chi connectivity index (χ1v) is 8.10. The fourth-order valence-corrected chi connectivity index (χ4v) is 3.00. The molecule has 1 aromatic rings. The molecule has 5 nitrogen and oxygen atoms in total. The van der Waals surface area contributed by atoms with Crippen LogP contribution in [0, 0.1) is 0 Å². The Balaban J connectivity index is 1.38. The zero-order valence-electron chi connectivity index (χ0n) is 12.8. The standard InChI is InChI=1S/C17H24N2O3/c20-11-13-2-1-3-16(10-13)22-12-17(21)18-14-6-8-19(9-7-14)15-4-5-15/h1-3,10,14-15,20H,4-9,11-12H2,(H,18,21). The quantitative estimate of drug-likeness (QED) is 0.831. The first kappa shape index (κ1) is 15.3. The lowest BCUT2D eigenvalue weighted by atomic mass is 10.0. The van der Waals surface area contributed by atoms with E-state index in [-0.39, 0.29) is 25.2 Å². The molecule has 0 atom stereocenters. The number of benzene rings is 1. The molecule has 3 rings (SSSR count). The molecule has 1 amide bonds. The molecular weight excluding hydrogens is 280 g/mol. The van der Waals surface area contributed by atoms with E-state index >= 15 is 0 Å². The lowest BCUT2D eigenvalue weighted by Gasteiger charge is -2.32. The third-order valence-electron chi connectivity index (χ3n) is 4.41. The fraction of sp³-hybridized carbons (Fsp3) is 0.588. The summed E-state index contributed by atoms with van der Waals surface area (Å²) in [6.45, 7) is 2.19. The third-order valence-corrected chi connectivity index (χ3v) is 4.41. The van der Waals surface area contributed by atoms with E-state index in [0.29, 0.717) is 5.75 Å². The molecule has 22 heavy (non-hydrogen) atoms. The Hall–Kier alpha value is -1.59. The molecule has 0 radical (unpaired) electrons. The molecule has 0 unspecified atom stereocenters. The van der Waals surface area contributed by atoms with Crippen LogP contribution >= 0.6 is 0 Å². The van der Waals surface area contributed by atoms with Crippen molar-refractivity contribution >= 4 is 5.91 Å². The highest BCUT2D eigenvalue weighted by molar-refractivity contribution is 5.77. The summed E-state index contributed by atoms with van der Waals surface area (Å²) >= 11 is 0. The monoisotopic (exact) mass is 304 g/mol. The summed E-state index contributed by atoms with van der Waals surface area (Å²) < 4.78 is 5.49. The molecule has 1 aliphatic heterocycles. The molecule has 2 aliphatic rings. The minimum Gasteiger partial charge on any atom is -0.484 e. The number of nitrogens with zero attached hydrogens (tertiary/aromatic N) is 1. The van der Waals surface area contributed by atoms with Crippen molar-refractivity contribution in [1.82, 2.24) is 10.2 Å². The zero-order valence-corrected chi connectivity index (χ0v) is 12.8. The van der Waals surface area contributed by atoms with E-state index in [4.69, 9.17) is 9.84 Å². The van der Waals surface area contributed by atoms with Gasteiger partial charge in [-0.3, -0.25) is 4.79 Å². The average Bonchev–Trinajstić information content (AvgIpc) is 3.39. The van der Waals surface area contributed by atoms with Crippen LogP contribution in [0.4, 0.5) is 0 Å². The van der Waals surface area contributed by atoms with Crippen LogP contribution in [0.15, 0.2) is 24.3 Å². The Bertz CT molecular complexity index is 508. The topological polar surface area (TPSA) is 61.8 Å². The minimum absolute atomic E-state index is 0.0248. The Kier molecular flexibility index (Phi) is 4.95. The Morgan fingerprint density at radius 3 is 2.73 bits per heavy atom. The Morgan fingerprint density at radius 1 is 1.27 bits per heavy atom. The van der Waals surface area contributed by atoms with Gasteiger partial charge in [0.05, 0.1) is 6.61 Å². The summed E-state index contributed by atoms with van der Waals surface area (Å²) in [5.74, 6) is 0.546. The summed E-state index contributed by atoms with van der Waals surface area (Å²) in [5.41, 5.74) is 0.783. The van der Waals surface area contributed by atoms with Crippen LogP contribution in [0.2, 0.25) is 0 Å². The van der Waals surface area contributed by atoms with Crippen molar-refractivity contribution in [1.29, 1.82) is 0 Å². The summed E-state index contributed by atoms with van der Waals surface area (Å²) in [5, 5.41) is 12.1. The van der Waals surface area contributed by atoms with Gasteiger partial charge in [0.25, 0.3) is 5.91 Å².